The molecule has 3 aliphatic heterocycles. The zero-order valence-corrected chi connectivity index (χ0v) is 24.4. The molecule has 3 aliphatic rings. The maximum absolute atomic E-state index is 13.5. The highest BCUT2D eigenvalue weighted by molar-refractivity contribution is 6.15. The van der Waals surface area contributed by atoms with Gasteiger partial charge in [-0.3, -0.25) is 9.59 Å². The molecule has 0 N–H and O–H groups in total. The summed E-state index contributed by atoms with van der Waals surface area (Å²) in [6.07, 6.45) is 3.33. The molecule has 8 heteroatoms. The lowest BCUT2D eigenvalue weighted by molar-refractivity contribution is -0.135. The van der Waals surface area contributed by atoms with Crippen molar-refractivity contribution in [3.8, 4) is 34.5 Å². The Labute approximate surface area is 254 Å². The van der Waals surface area contributed by atoms with Gasteiger partial charge >= 0.3 is 5.97 Å². The van der Waals surface area contributed by atoms with Crippen LogP contribution in [0, 0.1) is 0 Å². The minimum absolute atomic E-state index is 0.0485. The molecule has 0 saturated heterocycles. The lowest BCUT2D eigenvalue weighted by Gasteiger charge is -2.28. The Morgan fingerprint density at radius 1 is 0.909 bits per heavy atom. The lowest BCUT2D eigenvalue weighted by atomic mass is 9.84. The van der Waals surface area contributed by atoms with Crippen molar-refractivity contribution in [2.45, 2.75) is 25.2 Å². The average molecular weight is 591 g/mol. The number of fused-ring (bicyclic) bond motifs is 4. The van der Waals surface area contributed by atoms with Crippen molar-refractivity contribution in [2.75, 3.05) is 27.4 Å². The highest BCUT2D eigenvalue weighted by Crippen LogP contribution is 2.51. The maximum Gasteiger partial charge on any atom is 0.312 e. The number of hydrogen-bond donors (Lipinski definition) is 0. The quantitative estimate of drug-likeness (QED) is 0.134. The summed E-state index contributed by atoms with van der Waals surface area (Å²) < 4.78 is 34.9. The van der Waals surface area contributed by atoms with E-state index >= 15 is 0 Å². The summed E-state index contributed by atoms with van der Waals surface area (Å²) in [6.45, 7) is 1.11. The van der Waals surface area contributed by atoms with Gasteiger partial charge in [0.05, 0.1) is 39.4 Å². The Balaban J connectivity index is 1.22. The summed E-state index contributed by atoms with van der Waals surface area (Å²) in [5.74, 6) is 2.58. The van der Waals surface area contributed by atoms with Gasteiger partial charge in [-0.05, 0) is 59.2 Å². The van der Waals surface area contributed by atoms with Crippen LogP contribution in [0.25, 0.3) is 6.08 Å². The summed E-state index contributed by atoms with van der Waals surface area (Å²) >= 11 is 0. The number of hydrogen-bond acceptors (Lipinski definition) is 8. The van der Waals surface area contributed by atoms with E-state index in [9.17, 15) is 9.59 Å². The predicted octanol–water partition coefficient (Wildman–Crippen LogP) is 6.32. The zero-order valence-electron chi connectivity index (χ0n) is 24.4. The van der Waals surface area contributed by atoms with E-state index in [2.05, 4.69) is 12.1 Å². The molecule has 0 radical (unpaired) electrons. The van der Waals surface area contributed by atoms with Crippen molar-refractivity contribution in [1.82, 2.24) is 0 Å². The summed E-state index contributed by atoms with van der Waals surface area (Å²) in [5, 5.41) is 0. The van der Waals surface area contributed by atoms with Crippen LogP contribution >= 0.6 is 0 Å². The third-order valence-electron chi connectivity index (χ3n) is 8.19. The van der Waals surface area contributed by atoms with Crippen LogP contribution in [0.3, 0.4) is 0 Å². The highest BCUT2D eigenvalue weighted by atomic mass is 16.5. The Kier molecular flexibility index (Phi) is 7.18. The molecule has 44 heavy (non-hydrogen) atoms. The molecule has 0 spiro atoms. The number of methoxy groups -OCH3 is 2. The molecule has 1 unspecified atom stereocenters. The van der Waals surface area contributed by atoms with Crippen molar-refractivity contribution in [3.63, 3.8) is 0 Å². The van der Waals surface area contributed by atoms with Gasteiger partial charge in [-0.1, -0.05) is 36.4 Å². The van der Waals surface area contributed by atoms with Crippen LogP contribution in [0.15, 0.2) is 78.6 Å². The van der Waals surface area contributed by atoms with Gasteiger partial charge < -0.3 is 28.4 Å². The standard InChI is InChI=1S/C36H30O8/c1-39-24-9-6-21(7-10-24)19-31-34(38)26-11-13-29-33(36(26)44-31)27(20-32(37)43-29)25-4-3-5-30(40-2)35(25)42-16-14-22-8-12-28-23(18-22)15-17-41-28/h3-13,18-19,27H,14-17,20H2,1-2H3. The number of benzene rings is 4. The van der Waals surface area contributed by atoms with Crippen LogP contribution in [0.5, 0.6) is 34.5 Å². The first-order valence-electron chi connectivity index (χ1n) is 14.5. The van der Waals surface area contributed by atoms with Gasteiger partial charge in [0, 0.05) is 29.9 Å². The van der Waals surface area contributed by atoms with Crippen molar-refractivity contribution < 1.29 is 38.0 Å². The largest absolute Gasteiger partial charge is 0.497 e. The second-order valence-electron chi connectivity index (χ2n) is 10.8. The van der Waals surface area contributed by atoms with E-state index in [4.69, 9.17) is 28.4 Å². The Morgan fingerprint density at radius 2 is 1.75 bits per heavy atom. The fourth-order valence-corrected chi connectivity index (χ4v) is 6.01. The number of carbonyl (C=O) groups is 2. The SMILES string of the molecule is COc1ccc(C=C2Oc3c(ccc4c3C(c3cccc(OC)c3OCCc3ccc5c(c3)CCO5)CC(=O)O4)C2=O)cc1. The summed E-state index contributed by atoms with van der Waals surface area (Å²) in [5.41, 5.74) is 4.95. The van der Waals surface area contributed by atoms with Gasteiger partial charge in [0.2, 0.25) is 5.78 Å². The Hall–Kier alpha value is -5.24. The molecule has 0 saturated carbocycles. The molecule has 7 rings (SSSR count). The Bertz CT molecular complexity index is 1800. The van der Waals surface area contributed by atoms with Crippen molar-refractivity contribution in [1.29, 1.82) is 0 Å². The highest BCUT2D eigenvalue weighted by Gasteiger charge is 2.40. The van der Waals surface area contributed by atoms with E-state index in [1.54, 1.807) is 32.4 Å². The van der Waals surface area contributed by atoms with E-state index in [-0.39, 0.29) is 23.9 Å². The topological polar surface area (TPSA) is 89.5 Å². The van der Waals surface area contributed by atoms with Gasteiger partial charge in [0.1, 0.15) is 23.0 Å². The van der Waals surface area contributed by atoms with Crippen molar-refractivity contribution >= 4 is 17.8 Å². The molecule has 4 aromatic carbocycles. The normalized spacial score (nSPS) is 17.2. The van der Waals surface area contributed by atoms with Crippen LogP contribution in [0.2, 0.25) is 0 Å². The maximum atomic E-state index is 13.5. The van der Waals surface area contributed by atoms with Crippen LogP contribution in [-0.2, 0) is 17.6 Å². The summed E-state index contributed by atoms with van der Waals surface area (Å²) in [4.78, 5) is 26.3. The fraction of sp³-hybridized carbons (Fsp3) is 0.222. The molecular weight excluding hydrogens is 560 g/mol. The van der Waals surface area contributed by atoms with Crippen LogP contribution in [0.4, 0.5) is 0 Å². The smallest absolute Gasteiger partial charge is 0.312 e. The van der Waals surface area contributed by atoms with E-state index < -0.39 is 5.92 Å². The van der Waals surface area contributed by atoms with Gasteiger partial charge in [0.15, 0.2) is 17.3 Å². The third kappa shape index (κ3) is 5.02. The number of ketones is 1. The van der Waals surface area contributed by atoms with Gasteiger partial charge in [-0.2, -0.15) is 0 Å². The molecule has 0 aliphatic carbocycles. The van der Waals surface area contributed by atoms with Crippen molar-refractivity contribution in [3.05, 3.63) is 112 Å². The molecular formula is C36H30O8. The summed E-state index contributed by atoms with van der Waals surface area (Å²) in [7, 11) is 3.19. The first-order chi connectivity index (χ1) is 21.5. The number of carbonyl (C=O) groups excluding carboxylic acids is 2. The van der Waals surface area contributed by atoms with E-state index in [0.717, 1.165) is 28.9 Å². The second-order valence-corrected chi connectivity index (χ2v) is 10.8. The minimum atomic E-state index is -0.489. The molecule has 4 aromatic rings. The number of rotatable bonds is 8. The van der Waals surface area contributed by atoms with Gasteiger partial charge in [-0.15, -0.1) is 0 Å². The third-order valence-corrected chi connectivity index (χ3v) is 8.19. The monoisotopic (exact) mass is 590 g/mol. The first kappa shape index (κ1) is 27.6. The van der Waals surface area contributed by atoms with E-state index in [0.29, 0.717) is 59.5 Å². The van der Waals surface area contributed by atoms with Crippen molar-refractivity contribution in [2.24, 2.45) is 0 Å². The molecule has 8 nitrogen and oxygen atoms in total. The molecule has 0 aromatic heterocycles. The Morgan fingerprint density at radius 3 is 2.57 bits per heavy atom. The van der Waals surface area contributed by atoms with Crippen LogP contribution < -0.4 is 28.4 Å². The molecule has 0 fully saturated rings. The molecule has 1 atom stereocenters. The number of para-hydroxylation sites is 1. The van der Waals surface area contributed by atoms with E-state index in [1.165, 1.54) is 5.56 Å². The predicted molar refractivity (Wildman–Crippen MR) is 162 cm³/mol. The number of esters is 1. The van der Waals surface area contributed by atoms with Gasteiger partial charge in [-0.25, -0.2) is 0 Å². The van der Waals surface area contributed by atoms with Gasteiger partial charge in [0.25, 0.3) is 0 Å². The number of ether oxygens (including phenoxy) is 6. The number of allylic oxidation sites excluding steroid dienone is 1. The first-order valence-corrected chi connectivity index (χ1v) is 14.5. The van der Waals surface area contributed by atoms with E-state index in [1.807, 2.05) is 48.5 Å². The molecule has 0 amide bonds. The van der Waals surface area contributed by atoms with Crippen LogP contribution in [-0.4, -0.2) is 39.2 Å². The lowest BCUT2D eigenvalue weighted by Crippen LogP contribution is -2.22. The van der Waals surface area contributed by atoms with Crippen LogP contribution in [0.1, 0.15) is 50.5 Å². The number of Topliss-reactive ketones (excluding diaryl/α,β-unsaturated/α-hetero) is 1. The molecule has 222 valence electrons. The minimum Gasteiger partial charge on any atom is -0.497 e. The molecule has 0 bridgehead atoms. The zero-order chi connectivity index (χ0) is 30.2. The average Bonchev–Trinajstić information content (AvgIpc) is 3.64. The summed E-state index contributed by atoms with van der Waals surface area (Å²) in [6, 6.07) is 22.5. The second kappa shape index (κ2) is 11.4. The fourth-order valence-electron chi connectivity index (χ4n) is 6.01. The molecule has 3 heterocycles.